The molecule has 0 aromatic carbocycles. The van der Waals surface area contributed by atoms with Crippen LogP contribution >= 0.6 is 24.0 Å². The number of aliphatic imine (C=N–C) groups is 1. The molecule has 2 atom stereocenters. The molecule has 0 amide bonds. The molecule has 0 saturated carbocycles. The molecular weight excluding hydrogens is 475 g/mol. The first-order valence-corrected chi connectivity index (χ1v) is 11.4. The molecule has 0 spiro atoms. The smallest absolute Gasteiger partial charge is 0.191 e. The minimum Gasteiger partial charge on any atom is -0.357 e. The lowest BCUT2D eigenvalue weighted by atomic mass is 10.0. The Morgan fingerprint density at radius 3 is 2.15 bits per heavy atom. The highest BCUT2D eigenvalue weighted by molar-refractivity contribution is 14.0. The van der Waals surface area contributed by atoms with Gasteiger partial charge in [0.25, 0.3) is 0 Å². The van der Waals surface area contributed by atoms with Gasteiger partial charge in [-0.1, -0.05) is 26.0 Å². The number of halogens is 1. The Balaban J connectivity index is 0. The molecule has 160 valence electrons. The van der Waals surface area contributed by atoms with Crippen LogP contribution in [-0.4, -0.2) is 69.5 Å². The molecule has 0 aliphatic carbocycles. The molecule has 6 nitrogen and oxygen atoms in total. The van der Waals surface area contributed by atoms with E-state index in [9.17, 15) is 8.42 Å². The average molecular weight is 515 g/mol. The maximum Gasteiger partial charge on any atom is 0.191 e. The van der Waals surface area contributed by atoms with Gasteiger partial charge in [0.15, 0.2) is 5.96 Å². The molecule has 0 bridgehead atoms. The Morgan fingerprint density at radius 1 is 1.19 bits per heavy atom. The van der Waals surface area contributed by atoms with E-state index in [0.717, 1.165) is 25.6 Å². The summed E-state index contributed by atoms with van der Waals surface area (Å²) in [4.78, 5) is 7.05. The first-order valence-electron chi connectivity index (χ1n) is 9.32. The Bertz CT molecular complexity index is 540. The minimum absolute atomic E-state index is 0. The van der Waals surface area contributed by atoms with Crippen LogP contribution in [0.15, 0.2) is 30.3 Å². The highest BCUT2D eigenvalue weighted by Crippen LogP contribution is 2.12. The number of hydrogen-bond donors (Lipinski definition) is 2. The fraction of sp³-hybridized carbons (Fsp3) is 0.737. The molecule has 27 heavy (non-hydrogen) atoms. The molecule has 0 aromatic heterocycles. The van der Waals surface area contributed by atoms with Gasteiger partial charge in [-0.3, -0.25) is 9.89 Å². The lowest BCUT2D eigenvalue weighted by Crippen LogP contribution is -2.45. The van der Waals surface area contributed by atoms with Gasteiger partial charge in [0, 0.05) is 38.0 Å². The molecule has 0 fully saturated rings. The maximum absolute atomic E-state index is 11.3. The molecule has 0 saturated heterocycles. The lowest BCUT2D eigenvalue weighted by Gasteiger charge is -2.32. The van der Waals surface area contributed by atoms with Gasteiger partial charge in [0.2, 0.25) is 0 Å². The normalized spacial score (nSPS) is 14.4. The Kier molecular flexibility index (Phi) is 16.2. The Hall–Kier alpha value is -0.610. The van der Waals surface area contributed by atoms with E-state index in [2.05, 4.69) is 42.5 Å². The quantitative estimate of drug-likeness (QED) is 0.171. The molecule has 2 N–H and O–H groups in total. The average Bonchev–Trinajstić information content (AvgIpc) is 2.52. The SMILES string of the molecule is C=CCN(CC=C)C(CN=C(NCC)NC(C)CCS(C)(=O)=O)C(C)C.I. The summed E-state index contributed by atoms with van der Waals surface area (Å²) in [5.74, 6) is 1.32. The molecule has 0 aliphatic rings. The fourth-order valence-electron chi connectivity index (χ4n) is 2.63. The third kappa shape index (κ3) is 14.1. The summed E-state index contributed by atoms with van der Waals surface area (Å²) < 4.78 is 22.7. The largest absolute Gasteiger partial charge is 0.357 e. The fourth-order valence-corrected chi connectivity index (χ4v) is 3.41. The van der Waals surface area contributed by atoms with Crippen molar-refractivity contribution in [3.05, 3.63) is 25.3 Å². The van der Waals surface area contributed by atoms with E-state index in [-0.39, 0.29) is 41.8 Å². The van der Waals surface area contributed by atoms with Crippen LogP contribution in [0, 0.1) is 5.92 Å². The first kappa shape index (κ1) is 28.6. The van der Waals surface area contributed by atoms with E-state index in [1.165, 1.54) is 6.26 Å². The second kappa shape index (κ2) is 15.3. The van der Waals surface area contributed by atoms with Gasteiger partial charge in [-0.05, 0) is 26.2 Å². The number of sulfone groups is 1. The number of rotatable bonds is 13. The highest BCUT2D eigenvalue weighted by Gasteiger charge is 2.20. The van der Waals surface area contributed by atoms with Gasteiger partial charge in [0.05, 0.1) is 12.3 Å². The summed E-state index contributed by atoms with van der Waals surface area (Å²) in [5, 5.41) is 6.54. The van der Waals surface area contributed by atoms with Crippen LogP contribution < -0.4 is 10.6 Å². The van der Waals surface area contributed by atoms with Crippen LogP contribution in [0.25, 0.3) is 0 Å². The van der Waals surface area contributed by atoms with E-state index >= 15 is 0 Å². The van der Waals surface area contributed by atoms with Crippen molar-refractivity contribution in [1.82, 2.24) is 15.5 Å². The van der Waals surface area contributed by atoms with Crippen LogP contribution in [0.4, 0.5) is 0 Å². The summed E-state index contributed by atoms with van der Waals surface area (Å²) in [6.45, 7) is 19.0. The summed E-state index contributed by atoms with van der Waals surface area (Å²) in [5.41, 5.74) is 0. The van der Waals surface area contributed by atoms with Crippen LogP contribution in [0.5, 0.6) is 0 Å². The molecule has 0 heterocycles. The van der Waals surface area contributed by atoms with E-state index < -0.39 is 9.84 Å². The lowest BCUT2D eigenvalue weighted by molar-refractivity contribution is 0.195. The third-order valence-electron chi connectivity index (χ3n) is 4.05. The zero-order valence-corrected chi connectivity index (χ0v) is 20.7. The summed E-state index contributed by atoms with van der Waals surface area (Å²) in [6.07, 6.45) is 5.62. The highest BCUT2D eigenvalue weighted by atomic mass is 127. The van der Waals surface area contributed by atoms with Crippen molar-refractivity contribution in [3.8, 4) is 0 Å². The van der Waals surface area contributed by atoms with Crippen molar-refractivity contribution >= 4 is 39.8 Å². The zero-order valence-electron chi connectivity index (χ0n) is 17.6. The zero-order chi connectivity index (χ0) is 20.2. The first-order chi connectivity index (χ1) is 12.1. The van der Waals surface area contributed by atoms with E-state index in [0.29, 0.717) is 18.9 Å². The van der Waals surface area contributed by atoms with Gasteiger partial charge in [-0.25, -0.2) is 8.42 Å². The molecule has 0 aromatic rings. The number of nitrogens with zero attached hydrogens (tertiary/aromatic N) is 2. The van der Waals surface area contributed by atoms with Crippen molar-refractivity contribution in [1.29, 1.82) is 0 Å². The van der Waals surface area contributed by atoms with Crippen molar-refractivity contribution in [2.75, 3.05) is 38.2 Å². The van der Waals surface area contributed by atoms with Crippen molar-refractivity contribution in [2.45, 2.75) is 46.2 Å². The number of hydrogen-bond acceptors (Lipinski definition) is 4. The topological polar surface area (TPSA) is 73.8 Å². The van der Waals surface area contributed by atoms with Gasteiger partial charge in [0.1, 0.15) is 9.84 Å². The predicted molar refractivity (Wildman–Crippen MR) is 129 cm³/mol. The van der Waals surface area contributed by atoms with Gasteiger partial charge in [-0.15, -0.1) is 37.1 Å². The van der Waals surface area contributed by atoms with Gasteiger partial charge in [-0.2, -0.15) is 0 Å². The third-order valence-corrected chi connectivity index (χ3v) is 5.03. The van der Waals surface area contributed by atoms with Crippen LogP contribution in [-0.2, 0) is 9.84 Å². The summed E-state index contributed by atoms with van der Waals surface area (Å²) in [6, 6.07) is 0.297. The molecule has 0 aliphatic heterocycles. The van der Waals surface area contributed by atoms with Crippen molar-refractivity contribution in [3.63, 3.8) is 0 Å². The van der Waals surface area contributed by atoms with Crippen molar-refractivity contribution in [2.24, 2.45) is 10.9 Å². The Morgan fingerprint density at radius 2 is 1.74 bits per heavy atom. The second-order valence-electron chi connectivity index (χ2n) is 7.03. The molecule has 0 radical (unpaired) electrons. The summed E-state index contributed by atoms with van der Waals surface area (Å²) >= 11 is 0. The second-order valence-corrected chi connectivity index (χ2v) is 9.29. The predicted octanol–water partition coefficient (Wildman–Crippen LogP) is 2.68. The summed E-state index contributed by atoms with van der Waals surface area (Å²) in [7, 11) is -2.95. The molecule has 8 heteroatoms. The maximum atomic E-state index is 11.3. The standard InChI is InChI=1S/C19H38N4O2S.HI/c1-8-12-23(13-9-2)18(16(4)5)15-21-19(20-10-3)22-17(6)11-14-26(7,24)25;/h8-9,16-18H,1-2,10-15H2,3-7H3,(H2,20,21,22);1H. The van der Waals surface area contributed by atoms with Crippen LogP contribution in [0.3, 0.4) is 0 Å². The molecule has 0 rings (SSSR count). The Labute approximate surface area is 183 Å². The number of guanidine groups is 1. The molecular formula is C19H39IN4O2S. The van der Waals surface area contributed by atoms with E-state index in [1.54, 1.807) is 0 Å². The van der Waals surface area contributed by atoms with Crippen LogP contribution in [0.1, 0.15) is 34.1 Å². The van der Waals surface area contributed by atoms with E-state index in [4.69, 9.17) is 4.99 Å². The van der Waals surface area contributed by atoms with Gasteiger partial charge >= 0.3 is 0 Å². The van der Waals surface area contributed by atoms with E-state index in [1.807, 2.05) is 26.0 Å². The van der Waals surface area contributed by atoms with Crippen molar-refractivity contribution < 1.29 is 8.42 Å². The number of nitrogens with one attached hydrogen (secondary N) is 2. The van der Waals surface area contributed by atoms with Crippen LogP contribution in [0.2, 0.25) is 0 Å². The molecule has 2 unspecified atom stereocenters. The van der Waals surface area contributed by atoms with Gasteiger partial charge < -0.3 is 10.6 Å². The monoisotopic (exact) mass is 514 g/mol. The minimum atomic E-state index is -2.95.